The van der Waals surface area contributed by atoms with Crippen molar-refractivity contribution in [1.29, 1.82) is 5.26 Å². The van der Waals surface area contributed by atoms with E-state index in [4.69, 9.17) is 4.74 Å². The summed E-state index contributed by atoms with van der Waals surface area (Å²) in [5, 5.41) is 11.5. The Bertz CT molecular complexity index is 903. The molecule has 3 rings (SSSR count). The van der Waals surface area contributed by atoms with E-state index >= 15 is 0 Å². The summed E-state index contributed by atoms with van der Waals surface area (Å²) in [4.78, 5) is 14.0. The zero-order chi connectivity index (χ0) is 18.2. The molecule has 0 bridgehead atoms. The molecule has 4 nitrogen and oxygen atoms in total. The number of benzene rings is 1. The average molecular weight is 358 g/mol. The van der Waals surface area contributed by atoms with Crippen molar-refractivity contribution in [2.75, 3.05) is 13.1 Å². The molecule has 1 aromatic heterocycles. The number of nitriles is 1. The summed E-state index contributed by atoms with van der Waals surface area (Å²) in [6, 6.07) is 4.93. The van der Waals surface area contributed by atoms with Crippen molar-refractivity contribution in [3.05, 3.63) is 40.5 Å². The standard InChI is InChI=1S/C19H19FN2O2S/c1-19(2,3)24-18(23)22-8-4-5-13(10-22)14-11-25-17-12(9-21)6-7-15(20)16(14)17/h5-7,11H,4,8,10H2,1-3H3. The summed E-state index contributed by atoms with van der Waals surface area (Å²) >= 11 is 1.35. The molecule has 1 aliphatic rings. The van der Waals surface area contributed by atoms with Crippen LogP contribution in [0.25, 0.3) is 15.7 Å². The average Bonchev–Trinajstić information content (AvgIpc) is 3.00. The minimum absolute atomic E-state index is 0.347. The highest BCUT2D eigenvalue weighted by atomic mass is 32.1. The molecule has 2 aromatic rings. The lowest BCUT2D eigenvalue weighted by molar-refractivity contribution is 0.0273. The van der Waals surface area contributed by atoms with E-state index in [1.165, 1.54) is 23.5 Å². The molecular weight excluding hydrogens is 339 g/mol. The number of fused-ring (bicyclic) bond motifs is 1. The monoisotopic (exact) mass is 358 g/mol. The van der Waals surface area contributed by atoms with Crippen molar-refractivity contribution in [2.45, 2.75) is 32.8 Å². The first-order valence-corrected chi connectivity index (χ1v) is 8.95. The van der Waals surface area contributed by atoms with Crippen LogP contribution in [-0.4, -0.2) is 29.7 Å². The van der Waals surface area contributed by atoms with Gasteiger partial charge in [0.1, 0.15) is 17.5 Å². The normalized spacial score (nSPS) is 15.0. The summed E-state index contributed by atoms with van der Waals surface area (Å²) in [5.41, 5.74) is 1.55. The summed E-state index contributed by atoms with van der Waals surface area (Å²) in [5.74, 6) is -0.347. The number of rotatable bonds is 1. The molecule has 25 heavy (non-hydrogen) atoms. The van der Waals surface area contributed by atoms with Crippen LogP contribution in [0.5, 0.6) is 0 Å². The molecule has 1 amide bonds. The molecule has 0 unspecified atom stereocenters. The van der Waals surface area contributed by atoms with E-state index in [0.29, 0.717) is 35.2 Å². The van der Waals surface area contributed by atoms with Crippen molar-refractivity contribution in [1.82, 2.24) is 4.90 Å². The van der Waals surface area contributed by atoms with Gasteiger partial charge in [0, 0.05) is 24.0 Å². The van der Waals surface area contributed by atoms with Gasteiger partial charge in [-0.3, -0.25) is 0 Å². The third-order valence-electron chi connectivity index (χ3n) is 3.94. The van der Waals surface area contributed by atoms with Crippen molar-refractivity contribution >= 4 is 33.1 Å². The van der Waals surface area contributed by atoms with Crippen LogP contribution in [0.4, 0.5) is 9.18 Å². The van der Waals surface area contributed by atoms with Crippen molar-refractivity contribution in [3.8, 4) is 6.07 Å². The van der Waals surface area contributed by atoms with Crippen LogP contribution in [0.15, 0.2) is 23.6 Å². The maximum atomic E-state index is 14.4. The van der Waals surface area contributed by atoms with Crippen LogP contribution in [0.3, 0.4) is 0 Å². The van der Waals surface area contributed by atoms with Crippen molar-refractivity contribution in [3.63, 3.8) is 0 Å². The summed E-state index contributed by atoms with van der Waals surface area (Å²) < 4.78 is 20.5. The first kappa shape index (κ1) is 17.4. The van der Waals surface area contributed by atoms with Crippen molar-refractivity contribution < 1.29 is 13.9 Å². The smallest absolute Gasteiger partial charge is 0.410 e. The van der Waals surface area contributed by atoms with Crippen LogP contribution in [0.2, 0.25) is 0 Å². The van der Waals surface area contributed by atoms with Gasteiger partial charge in [-0.05, 0) is 50.3 Å². The maximum Gasteiger partial charge on any atom is 0.410 e. The van der Waals surface area contributed by atoms with Crippen LogP contribution in [0, 0.1) is 17.1 Å². The maximum absolute atomic E-state index is 14.4. The fourth-order valence-corrected chi connectivity index (χ4v) is 3.93. The van der Waals surface area contributed by atoms with Gasteiger partial charge in [-0.15, -0.1) is 11.3 Å². The number of amides is 1. The van der Waals surface area contributed by atoms with Gasteiger partial charge in [0.25, 0.3) is 0 Å². The number of halogens is 1. The third-order valence-corrected chi connectivity index (χ3v) is 4.95. The Kier molecular flexibility index (Phi) is 4.53. The highest BCUT2D eigenvalue weighted by Gasteiger charge is 2.26. The summed E-state index contributed by atoms with van der Waals surface area (Å²) in [7, 11) is 0. The first-order valence-electron chi connectivity index (χ1n) is 8.07. The van der Waals surface area contributed by atoms with E-state index in [1.54, 1.807) is 4.90 Å². The predicted molar refractivity (Wildman–Crippen MR) is 96.9 cm³/mol. The second kappa shape index (κ2) is 6.49. The van der Waals surface area contributed by atoms with Gasteiger partial charge in [0.2, 0.25) is 0 Å². The molecular formula is C19H19FN2O2S. The molecule has 0 radical (unpaired) electrons. The van der Waals surface area contributed by atoms with Gasteiger partial charge >= 0.3 is 6.09 Å². The molecule has 0 spiro atoms. The molecule has 1 aliphatic heterocycles. The largest absolute Gasteiger partial charge is 0.444 e. The minimum atomic E-state index is -0.554. The molecule has 1 aromatic carbocycles. The third kappa shape index (κ3) is 3.52. The van der Waals surface area contributed by atoms with Gasteiger partial charge in [-0.2, -0.15) is 5.26 Å². The summed E-state index contributed by atoms with van der Waals surface area (Å²) in [6.45, 7) is 6.44. The number of hydrogen-bond acceptors (Lipinski definition) is 4. The van der Waals surface area contributed by atoms with Gasteiger partial charge in [-0.25, -0.2) is 9.18 Å². The second-order valence-corrected chi connectivity index (χ2v) is 7.86. The van der Waals surface area contributed by atoms with E-state index in [0.717, 1.165) is 11.1 Å². The SMILES string of the molecule is CC(C)(C)OC(=O)N1CCC=C(c2csc3c(C#N)ccc(F)c23)C1. The zero-order valence-electron chi connectivity index (χ0n) is 14.4. The van der Waals surface area contributed by atoms with E-state index in [2.05, 4.69) is 6.07 Å². The lowest BCUT2D eigenvalue weighted by Gasteiger charge is -2.30. The van der Waals surface area contributed by atoms with Gasteiger partial charge in [0.05, 0.1) is 10.3 Å². The second-order valence-electron chi connectivity index (χ2n) is 6.98. The highest BCUT2D eigenvalue weighted by molar-refractivity contribution is 7.17. The van der Waals surface area contributed by atoms with E-state index < -0.39 is 5.60 Å². The number of ether oxygens (including phenoxy) is 1. The highest BCUT2D eigenvalue weighted by Crippen LogP contribution is 2.36. The summed E-state index contributed by atoms with van der Waals surface area (Å²) in [6.07, 6.45) is 2.35. The molecule has 6 heteroatoms. The molecule has 0 aliphatic carbocycles. The lowest BCUT2D eigenvalue weighted by atomic mass is 9.99. The van der Waals surface area contributed by atoms with Gasteiger partial charge < -0.3 is 9.64 Å². The van der Waals surface area contributed by atoms with Gasteiger partial charge in [0.15, 0.2) is 0 Å². The zero-order valence-corrected chi connectivity index (χ0v) is 15.2. The fraction of sp³-hybridized carbons (Fsp3) is 0.368. The molecule has 0 fully saturated rings. The molecule has 0 N–H and O–H groups in total. The molecule has 130 valence electrons. The van der Waals surface area contributed by atoms with E-state index in [1.807, 2.05) is 32.2 Å². The number of hydrogen-bond donors (Lipinski definition) is 0. The molecule has 0 saturated carbocycles. The molecule has 2 heterocycles. The van der Waals surface area contributed by atoms with E-state index in [-0.39, 0.29) is 11.9 Å². The van der Waals surface area contributed by atoms with Crippen LogP contribution in [-0.2, 0) is 4.74 Å². The first-order chi connectivity index (χ1) is 11.8. The minimum Gasteiger partial charge on any atom is -0.444 e. The quantitative estimate of drug-likeness (QED) is 0.726. The fourth-order valence-electron chi connectivity index (χ4n) is 2.85. The Hall–Kier alpha value is -2.39. The Balaban J connectivity index is 1.93. The van der Waals surface area contributed by atoms with Crippen molar-refractivity contribution in [2.24, 2.45) is 0 Å². The number of carbonyl (C=O) groups is 1. The van der Waals surface area contributed by atoms with Crippen LogP contribution in [0.1, 0.15) is 38.3 Å². The molecule has 0 atom stereocenters. The number of carbonyl (C=O) groups excluding carboxylic acids is 1. The number of thiophene rings is 1. The molecule has 0 saturated heterocycles. The Morgan fingerprint density at radius 3 is 2.84 bits per heavy atom. The predicted octanol–water partition coefficient (Wildman–Crippen LogP) is 4.94. The Morgan fingerprint density at radius 2 is 2.16 bits per heavy atom. The van der Waals surface area contributed by atoms with E-state index in [9.17, 15) is 14.4 Å². The lowest BCUT2D eigenvalue weighted by Crippen LogP contribution is -2.39. The van der Waals surface area contributed by atoms with Gasteiger partial charge in [-0.1, -0.05) is 6.08 Å². The van der Waals surface area contributed by atoms with Crippen LogP contribution >= 0.6 is 11.3 Å². The topological polar surface area (TPSA) is 53.3 Å². The Labute approximate surface area is 150 Å². The number of nitrogens with zero attached hydrogens (tertiary/aromatic N) is 2. The Morgan fingerprint density at radius 1 is 1.40 bits per heavy atom. The van der Waals surface area contributed by atoms with Crippen LogP contribution < -0.4 is 0 Å².